The summed E-state index contributed by atoms with van der Waals surface area (Å²) in [6.07, 6.45) is 0.294. The minimum absolute atomic E-state index is 0.0951. The molecular formula is C5H5ClN4O. The van der Waals surface area contributed by atoms with Gasteiger partial charge < -0.3 is 5.11 Å². The molecule has 0 unspecified atom stereocenters. The number of nitrogens with zero attached hydrogens (tertiary/aromatic N) is 4. The van der Waals surface area contributed by atoms with Crippen molar-refractivity contribution in [2.75, 3.05) is 0 Å². The Labute approximate surface area is 67.8 Å². The number of aryl methyl sites for hydroxylation is 1. The molecule has 0 bridgehead atoms. The molecule has 0 spiro atoms. The van der Waals surface area contributed by atoms with E-state index in [0.717, 1.165) is 0 Å². The van der Waals surface area contributed by atoms with Crippen molar-refractivity contribution >= 4 is 11.6 Å². The normalized spacial score (nSPS) is 9.45. The van der Waals surface area contributed by atoms with Crippen molar-refractivity contribution in [2.45, 2.75) is 13.0 Å². The minimum Gasteiger partial charge on any atom is -0.478 e. The molecule has 1 heterocycles. The average molecular weight is 173 g/mol. The maximum absolute atomic E-state index is 8.72. The molecule has 5 nitrogen and oxygen atoms in total. The van der Waals surface area contributed by atoms with Gasteiger partial charge in [0, 0.05) is 0 Å². The van der Waals surface area contributed by atoms with Crippen LogP contribution in [0.25, 0.3) is 0 Å². The second kappa shape index (κ2) is 3.21. The Bertz CT molecular complexity index is 289. The van der Waals surface area contributed by atoms with E-state index in [0.29, 0.717) is 13.0 Å². The summed E-state index contributed by atoms with van der Waals surface area (Å²) >= 11 is 5.50. The molecule has 1 N–H and O–H groups in total. The molecule has 1 rings (SSSR count). The van der Waals surface area contributed by atoms with E-state index in [4.69, 9.17) is 22.0 Å². The van der Waals surface area contributed by atoms with Gasteiger partial charge in [-0.2, -0.15) is 10.2 Å². The van der Waals surface area contributed by atoms with Gasteiger partial charge in [0.25, 0.3) is 0 Å². The predicted molar refractivity (Wildman–Crippen MR) is 36.9 cm³/mol. The zero-order valence-corrected chi connectivity index (χ0v) is 6.28. The molecule has 11 heavy (non-hydrogen) atoms. The van der Waals surface area contributed by atoms with E-state index in [9.17, 15) is 0 Å². The molecule has 0 aliphatic rings. The van der Waals surface area contributed by atoms with Gasteiger partial charge in [0.05, 0.1) is 19.0 Å². The fraction of sp³-hybridized carbons (Fsp3) is 0.400. The zero-order valence-electron chi connectivity index (χ0n) is 5.53. The topological polar surface area (TPSA) is 74.7 Å². The lowest BCUT2D eigenvalue weighted by molar-refractivity contribution is 0.423. The molecule has 0 saturated heterocycles. The van der Waals surface area contributed by atoms with Gasteiger partial charge in [0.1, 0.15) is 0 Å². The van der Waals surface area contributed by atoms with Crippen LogP contribution in [0.5, 0.6) is 6.01 Å². The van der Waals surface area contributed by atoms with Gasteiger partial charge in [0.2, 0.25) is 5.28 Å². The monoisotopic (exact) mass is 172 g/mol. The molecule has 1 aromatic heterocycles. The molecule has 1 aromatic rings. The van der Waals surface area contributed by atoms with Crippen LogP contribution in [0.4, 0.5) is 0 Å². The largest absolute Gasteiger partial charge is 0.478 e. The first kappa shape index (κ1) is 7.82. The van der Waals surface area contributed by atoms with E-state index in [-0.39, 0.29) is 11.3 Å². The third-order valence-electron chi connectivity index (χ3n) is 1.05. The van der Waals surface area contributed by atoms with Crippen LogP contribution in [0.3, 0.4) is 0 Å². The lowest BCUT2D eigenvalue weighted by Crippen LogP contribution is -1.98. The Hall–Kier alpha value is -1.28. The van der Waals surface area contributed by atoms with Gasteiger partial charge in [0.15, 0.2) is 0 Å². The van der Waals surface area contributed by atoms with Crippen LogP contribution in [0, 0.1) is 11.3 Å². The van der Waals surface area contributed by atoms with Gasteiger partial charge >= 0.3 is 6.01 Å². The molecule has 0 radical (unpaired) electrons. The van der Waals surface area contributed by atoms with Crippen molar-refractivity contribution in [3.8, 4) is 12.1 Å². The van der Waals surface area contributed by atoms with Crippen LogP contribution >= 0.6 is 11.6 Å². The molecular weight excluding hydrogens is 168 g/mol. The Kier molecular flexibility index (Phi) is 2.28. The van der Waals surface area contributed by atoms with E-state index in [1.54, 1.807) is 0 Å². The van der Waals surface area contributed by atoms with Crippen LogP contribution in [0.15, 0.2) is 0 Å². The number of hydrogen-bond acceptors (Lipinski definition) is 4. The number of hydrogen-bond donors (Lipinski definition) is 1. The molecule has 6 heteroatoms. The lowest BCUT2D eigenvalue weighted by Gasteiger charge is -1.93. The number of nitriles is 1. The van der Waals surface area contributed by atoms with Gasteiger partial charge in [-0.1, -0.05) is 0 Å². The zero-order chi connectivity index (χ0) is 8.27. The molecule has 0 aliphatic carbocycles. The number of halogens is 1. The molecule has 58 valence electrons. The van der Waals surface area contributed by atoms with Crippen LogP contribution in [0.2, 0.25) is 5.28 Å². The quantitative estimate of drug-likeness (QED) is 0.707. The van der Waals surface area contributed by atoms with E-state index in [1.807, 2.05) is 6.07 Å². The lowest BCUT2D eigenvalue weighted by atomic mass is 10.5. The van der Waals surface area contributed by atoms with Crippen LogP contribution in [0.1, 0.15) is 6.42 Å². The highest BCUT2D eigenvalue weighted by Gasteiger charge is 2.04. The fourth-order valence-electron chi connectivity index (χ4n) is 0.610. The van der Waals surface area contributed by atoms with Crippen molar-refractivity contribution < 1.29 is 5.11 Å². The van der Waals surface area contributed by atoms with Crippen molar-refractivity contribution in [2.24, 2.45) is 0 Å². The molecule has 0 atom stereocenters. The Morgan fingerprint density at radius 2 is 2.45 bits per heavy atom. The third-order valence-corrected chi connectivity index (χ3v) is 1.33. The van der Waals surface area contributed by atoms with Crippen molar-refractivity contribution in [3.63, 3.8) is 0 Å². The van der Waals surface area contributed by atoms with Gasteiger partial charge in [-0.05, 0) is 11.6 Å². The first-order chi connectivity index (χ1) is 5.24. The van der Waals surface area contributed by atoms with Gasteiger partial charge in [-0.15, -0.1) is 5.10 Å². The van der Waals surface area contributed by atoms with Gasteiger partial charge in [-0.25, -0.2) is 4.68 Å². The number of aromatic nitrogens is 3. The summed E-state index contributed by atoms with van der Waals surface area (Å²) < 4.78 is 1.26. The maximum atomic E-state index is 8.72. The van der Waals surface area contributed by atoms with Crippen LogP contribution in [-0.2, 0) is 6.54 Å². The van der Waals surface area contributed by atoms with E-state index >= 15 is 0 Å². The Morgan fingerprint density at radius 3 is 2.91 bits per heavy atom. The first-order valence-electron chi connectivity index (χ1n) is 2.90. The molecule has 0 fully saturated rings. The SMILES string of the molecule is N#CCCn1nc(O)nc1Cl. The standard InChI is InChI=1S/C5H5ClN4O/c6-4-8-5(11)9-10(4)3-1-2-7/h1,3H2,(H,9,11). The van der Waals surface area contributed by atoms with Crippen LogP contribution in [-0.4, -0.2) is 19.9 Å². The van der Waals surface area contributed by atoms with Crippen molar-refractivity contribution in [1.29, 1.82) is 5.26 Å². The summed E-state index contributed by atoms with van der Waals surface area (Å²) in [6.45, 7) is 0.350. The highest BCUT2D eigenvalue weighted by atomic mass is 35.5. The first-order valence-corrected chi connectivity index (χ1v) is 3.28. The summed E-state index contributed by atoms with van der Waals surface area (Å²) in [5.74, 6) is 0. The summed E-state index contributed by atoms with van der Waals surface area (Å²) in [7, 11) is 0. The van der Waals surface area contributed by atoms with E-state index in [1.165, 1.54) is 4.68 Å². The summed E-state index contributed by atoms with van der Waals surface area (Å²) in [5.41, 5.74) is 0. The summed E-state index contributed by atoms with van der Waals surface area (Å²) in [4.78, 5) is 3.43. The van der Waals surface area contributed by atoms with Gasteiger partial charge in [-0.3, -0.25) is 0 Å². The Morgan fingerprint density at radius 1 is 1.73 bits per heavy atom. The number of aromatic hydroxyl groups is 1. The molecule has 0 amide bonds. The smallest absolute Gasteiger partial charge is 0.334 e. The average Bonchev–Trinajstić information content (AvgIpc) is 2.26. The maximum Gasteiger partial charge on any atom is 0.334 e. The highest BCUT2D eigenvalue weighted by Crippen LogP contribution is 2.09. The predicted octanol–water partition coefficient (Wildman–Crippen LogP) is 0.551. The third kappa shape index (κ3) is 1.82. The summed E-state index contributed by atoms with van der Waals surface area (Å²) in [6, 6.07) is 1.56. The summed E-state index contributed by atoms with van der Waals surface area (Å²) in [5, 5.41) is 20.6. The molecule has 0 aromatic carbocycles. The van der Waals surface area contributed by atoms with Crippen molar-refractivity contribution in [1.82, 2.24) is 14.8 Å². The van der Waals surface area contributed by atoms with E-state index < -0.39 is 0 Å². The second-order valence-corrected chi connectivity index (χ2v) is 2.15. The molecule has 0 aliphatic heterocycles. The van der Waals surface area contributed by atoms with Crippen molar-refractivity contribution in [3.05, 3.63) is 5.28 Å². The number of rotatable bonds is 2. The fourth-order valence-corrected chi connectivity index (χ4v) is 0.808. The minimum atomic E-state index is -0.368. The Balaban J connectivity index is 2.71. The van der Waals surface area contributed by atoms with E-state index in [2.05, 4.69) is 10.1 Å². The second-order valence-electron chi connectivity index (χ2n) is 1.81. The highest BCUT2D eigenvalue weighted by molar-refractivity contribution is 6.28. The molecule has 0 saturated carbocycles. The van der Waals surface area contributed by atoms with Crippen LogP contribution < -0.4 is 0 Å².